The van der Waals surface area contributed by atoms with Crippen molar-refractivity contribution in [3.63, 3.8) is 0 Å². The molecule has 0 fully saturated rings. The van der Waals surface area contributed by atoms with Crippen molar-refractivity contribution < 1.29 is 4.74 Å². The molecule has 0 spiro atoms. The number of hydrogen-bond donors (Lipinski definition) is 2. The van der Waals surface area contributed by atoms with Crippen molar-refractivity contribution in [1.82, 2.24) is 19.9 Å². The van der Waals surface area contributed by atoms with Crippen molar-refractivity contribution in [1.29, 1.82) is 0 Å². The minimum absolute atomic E-state index is 0.252. The Balaban J connectivity index is 2.16. The molecule has 0 aliphatic rings. The largest absolute Gasteiger partial charge is 0.463 e. The van der Waals surface area contributed by atoms with Gasteiger partial charge in [-0.05, 0) is 18.6 Å². The molecular formula is C13H19N7O. The van der Waals surface area contributed by atoms with Gasteiger partial charge < -0.3 is 9.64 Å². The molecule has 2 aromatic heterocycles. The molecule has 0 aromatic carbocycles. The van der Waals surface area contributed by atoms with Crippen molar-refractivity contribution >= 4 is 11.9 Å². The predicted molar refractivity (Wildman–Crippen MR) is 79.8 cm³/mol. The molecule has 0 radical (unpaired) electrons. The van der Waals surface area contributed by atoms with Crippen LogP contribution in [0.5, 0.6) is 6.01 Å². The number of pyridine rings is 1. The first-order valence-electron chi connectivity index (χ1n) is 6.69. The van der Waals surface area contributed by atoms with E-state index in [1.165, 1.54) is 0 Å². The lowest BCUT2D eigenvalue weighted by Crippen LogP contribution is -2.22. The normalized spacial score (nSPS) is 10.2. The molecule has 2 heterocycles. The number of nitrogens with one attached hydrogen (secondary N) is 1. The van der Waals surface area contributed by atoms with Crippen molar-refractivity contribution in [3.05, 3.63) is 30.1 Å². The topological polar surface area (TPSA) is 102 Å². The summed E-state index contributed by atoms with van der Waals surface area (Å²) in [5.41, 5.74) is 3.33. The van der Waals surface area contributed by atoms with Gasteiger partial charge in [-0.1, -0.05) is 13.0 Å². The second-order valence-corrected chi connectivity index (χ2v) is 4.41. The fraction of sp³-hybridized carbons (Fsp3) is 0.385. The van der Waals surface area contributed by atoms with Crippen LogP contribution in [0.4, 0.5) is 11.9 Å². The van der Waals surface area contributed by atoms with Crippen LogP contribution in [0.2, 0.25) is 0 Å². The summed E-state index contributed by atoms with van der Waals surface area (Å²) in [6.45, 7) is 3.12. The minimum Gasteiger partial charge on any atom is -0.463 e. The molecule has 2 rings (SSSR count). The van der Waals surface area contributed by atoms with Gasteiger partial charge >= 0.3 is 6.01 Å². The summed E-state index contributed by atoms with van der Waals surface area (Å²) in [6, 6.07) is 6.00. The third-order valence-corrected chi connectivity index (χ3v) is 2.63. The Hall–Kier alpha value is -2.48. The molecule has 112 valence electrons. The van der Waals surface area contributed by atoms with Crippen molar-refractivity contribution in [2.24, 2.45) is 5.84 Å². The lowest BCUT2D eigenvalue weighted by molar-refractivity contribution is 0.292. The van der Waals surface area contributed by atoms with Crippen molar-refractivity contribution in [2.45, 2.75) is 19.9 Å². The van der Waals surface area contributed by atoms with Crippen molar-refractivity contribution in [2.75, 3.05) is 24.0 Å². The summed E-state index contributed by atoms with van der Waals surface area (Å²) in [5, 5.41) is 0. The monoisotopic (exact) mass is 289 g/mol. The highest BCUT2D eigenvalue weighted by molar-refractivity contribution is 5.37. The number of hydrogen-bond acceptors (Lipinski definition) is 8. The van der Waals surface area contributed by atoms with Crippen LogP contribution in [0.1, 0.15) is 19.0 Å². The van der Waals surface area contributed by atoms with E-state index in [-0.39, 0.29) is 12.0 Å². The second kappa shape index (κ2) is 7.34. The number of rotatable bonds is 7. The fourth-order valence-corrected chi connectivity index (χ4v) is 1.64. The fourth-order valence-electron chi connectivity index (χ4n) is 1.64. The van der Waals surface area contributed by atoms with Gasteiger partial charge in [0.05, 0.1) is 18.8 Å². The van der Waals surface area contributed by atoms with E-state index in [1.807, 2.05) is 37.1 Å². The Morgan fingerprint density at radius 2 is 2.14 bits per heavy atom. The molecule has 0 amide bonds. The zero-order valence-corrected chi connectivity index (χ0v) is 12.2. The summed E-state index contributed by atoms with van der Waals surface area (Å²) in [5.74, 6) is 6.11. The highest BCUT2D eigenvalue weighted by atomic mass is 16.5. The molecule has 21 heavy (non-hydrogen) atoms. The number of aromatic nitrogens is 4. The van der Waals surface area contributed by atoms with E-state index in [2.05, 4.69) is 25.4 Å². The SMILES string of the molecule is CCCOc1nc(NN)nc(N(C)Cc2ccccn2)n1. The molecule has 0 aliphatic heterocycles. The first-order valence-corrected chi connectivity index (χ1v) is 6.69. The molecule has 8 nitrogen and oxygen atoms in total. The van der Waals surface area contributed by atoms with Gasteiger partial charge in [0.15, 0.2) is 0 Å². The van der Waals surface area contributed by atoms with E-state index in [1.54, 1.807) is 6.20 Å². The summed E-state index contributed by atoms with van der Waals surface area (Å²) >= 11 is 0. The Morgan fingerprint density at radius 3 is 2.81 bits per heavy atom. The smallest absolute Gasteiger partial charge is 0.323 e. The van der Waals surface area contributed by atoms with Crippen LogP contribution in [0.15, 0.2) is 24.4 Å². The maximum Gasteiger partial charge on any atom is 0.323 e. The van der Waals surface area contributed by atoms with Gasteiger partial charge in [-0.2, -0.15) is 15.0 Å². The Morgan fingerprint density at radius 1 is 1.29 bits per heavy atom. The molecule has 8 heteroatoms. The molecule has 0 bridgehead atoms. The molecule has 0 atom stereocenters. The number of nitrogens with zero attached hydrogens (tertiary/aromatic N) is 5. The van der Waals surface area contributed by atoms with Gasteiger partial charge in [-0.3, -0.25) is 10.4 Å². The van der Waals surface area contributed by atoms with Crippen LogP contribution >= 0.6 is 0 Å². The summed E-state index contributed by atoms with van der Waals surface area (Å²) < 4.78 is 5.44. The lowest BCUT2D eigenvalue weighted by atomic mass is 10.3. The predicted octanol–water partition coefficient (Wildman–Crippen LogP) is 0.977. The Labute approximate surface area is 123 Å². The molecule has 0 aliphatic carbocycles. The van der Waals surface area contributed by atoms with E-state index in [0.29, 0.717) is 19.1 Å². The first-order chi connectivity index (χ1) is 10.2. The van der Waals surface area contributed by atoms with Gasteiger partial charge in [0, 0.05) is 13.2 Å². The van der Waals surface area contributed by atoms with E-state index >= 15 is 0 Å². The summed E-state index contributed by atoms with van der Waals surface area (Å²) in [6.07, 6.45) is 2.62. The molecule has 0 saturated heterocycles. The highest BCUT2D eigenvalue weighted by Crippen LogP contribution is 2.15. The Kier molecular flexibility index (Phi) is 5.22. The van der Waals surface area contributed by atoms with Gasteiger partial charge in [-0.15, -0.1) is 0 Å². The molecule has 3 N–H and O–H groups in total. The summed E-state index contributed by atoms with van der Waals surface area (Å²) in [7, 11) is 1.87. The van der Waals surface area contributed by atoms with Gasteiger partial charge in [0.2, 0.25) is 11.9 Å². The molecule has 2 aromatic rings. The van der Waals surface area contributed by atoms with E-state index in [0.717, 1.165) is 12.1 Å². The average Bonchev–Trinajstić information content (AvgIpc) is 2.53. The highest BCUT2D eigenvalue weighted by Gasteiger charge is 2.11. The van der Waals surface area contributed by atoms with Gasteiger partial charge in [0.25, 0.3) is 0 Å². The maximum atomic E-state index is 5.44. The number of anilines is 2. The minimum atomic E-state index is 0.252. The molecule has 0 saturated carbocycles. The molecular weight excluding hydrogens is 270 g/mol. The Bertz CT molecular complexity index is 564. The maximum absolute atomic E-state index is 5.44. The lowest BCUT2D eigenvalue weighted by Gasteiger charge is -2.17. The van der Waals surface area contributed by atoms with Crippen LogP contribution in [0.25, 0.3) is 0 Å². The van der Waals surface area contributed by atoms with Crippen LogP contribution in [-0.4, -0.2) is 33.6 Å². The van der Waals surface area contributed by atoms with Crippen LogP contribution in [0.3, 0.4) is 0 Å². The third-order valence-electron chi connectivity index (χ3n) is 2.63. The zero-order valence-electron chi connectivity index (χ0n) is 12.2. The zero-order chi connectivity index (χ0) is 15.1. The van der Waals surface area contributed by atoms with Crippen LogP contribution in [0, 0.1) is 0 Å². The first kappa shape index (κ1) is 14.9. The van der Waals surface area contributed by atoms with E-state index in [9.17, 15) is 0 Å². The van der Waals surface area contributed by atoms with Crippen LogP contribution < -0.4 is 20.9 Å². The second-order valence-electron chi connectivity index (χ2n) is 4.41. The molecule has 0 unspecified atom stereocenters. The number of nitrogen functional groups attached to an aromatic ring is 1. The average molecular weight is 289 g/mol. The van der Waals surface area contributed by atoms with Crippen LogP contribution in [-0.2, 0) is 6.54 Å². The quantitative estimate of drug-likeness (QED) is 0.574. The van der Waals surface area contributed by atoms with Gasteiger partial charge in [0.1, 0.15) is 0 Å². The van der Waals surface area contributed by atoms with Gasteiger partial charge in [-0.25, -0.2) is 5.84 Å². The number of hydrazine groups is 1. The standard InChI is InChI=1S/C13H19N7O/c1-3-8-21-13-17-11(19-14)16-12(18-13)20(2)9-10-6-4-5-7-15-10/h4-7H,3,8-9,14H2,1-2H3,(H,16,17,18,19). The number of ether oxygens (including phenoxy) is 1. The summed E-state index contributed by atoms with van der Waals surface area (Å²) in [4.78, 5) is 18.7. The third kappa shape index (κ3) is 4.25. The van der Waals surface area contributed by atoms with E-state index < -0.39 is 0 Å². The van der Waals surface area contributed by atoms with Crippen molar-refractivity contribution in [3.8, 4) is 6.01 Å². The van der Waals surface area contributed by atoms with E-state index in [4.69, 9.17) is 10.6 Å². The number of nitrogens with two attached hydrogens (primary N) is 1.